The van der Waals surface area contributed by atoms with E-state index in [0.29, 0.717) is 11.3 Å². The summed E-state index contributed by atoms with van der Waals surface area (Å²) in [5.74, 6) is 0. The molecule has 102 valence electrons. The lowest BCUT2D eigenvalue weighted by atomic mass is 10.1. The van der Waals surface area contributed by atoms with Crippen LogP contribution in [-0.2, 0) is 12.7 Å². The Morgan fingerprint density at radius 3 is 2.37 bits per heavy atom. The molecule has 0 bridgehead atoms. The number of hydrogen-bond acceptors (Lipinski definition) is 2. The van der Waals surface area contributed by atoms with Crippen LogP contribution in [-0.4, -0.2) is 9.78 Å². The van der Waals surface area contributed by atoms with E-state index in [1.807, 2.05) is 19.9 Å². The number of halogens is 3. The van der Waals surface area contributed by atoms with Gasteiger partial charge in [-0.15, -0.1) is 0 Å². The minimum absolute atomic E-state index is 0.0254. The fourth-order valence-corrected chi connectivity index (χ4v) is 2.00. The fourth-order valence-electron chi connectivity index (χ4n) is 2.00. The summed E-state index contributed by atoms with van der Waals surface area (Å²) < 4.78 is 39.6. The van der Waals surface area contributed by atoms with E-state index in [9.17, 15) is 13.2 Å². The molecule has 0 aliphatic heterocycles. The van der Waals surface area contributed by atoms with Crippen molar-refractivity contribution < 1.29 is 13.2 Å². The highest BCUT2D eigenvalue weighted by molar-refractivity contribution is 5.45. The van der Waals surface area contributed by atoms with Crippen LogP contribution in [0.2, 0.25) is 0 Å². The highest BCUT2D eigenvalue weighted by Gasteiger charge is 2.31. The summed E-state index contributed by atoms with van der Waals surface area (Å²) in [6, 6.07) is 5.39. The number of nitrogens with zero attached hydrogens (tertiary/aromatic N) is 2. The molecule has 0 saturated carbocycles. The maximum atomic E-state index is 12.7. The molecule has 1 heterocycles. The number of hydrogen-bond donors (Lipinski definition) is 1. The lowest BCUT2D eigenvalue weighted by Crippen LogP contribution is -2.11. The van der Waals surface area contributed by atoms with Crippen LogP contribution in [0.3, 0.4) is 0 Å². The second-order valence-corrected chi connectivity index (χ2v) is 4.38. The largest absolute Gasteiger partial charge is 0.416 e. The van der Waals surface area contributed by atoms with Crippen LogP contribution in [0.5, 0.6) is 0 Å². The Bertz CT molecular complexity index is 600. The van der Waals surface area contributed by atoms with Gasteiger partial charge in [-0.3, -0.25) is 0 Å². The summed E-state index contributed by atoms with van der Waals surface area (Å²) in [5.41, 5.74) is 7.51. The Morgan fingerprint density at radius 1 is 1.21 bits per heavy atom. The molecular formula is C13H14F3N3. The van der Waals surface area contributed by atoms with E-state index in [-0.39, 0.29) is 6.54 Å². The molecule has 0 spiro atoms. The van der Waals surface area contributed by atoms with E-state index >= 15 is 0 Å². The van der Waals surface area contributed by atoms with Gasteiger partial charge < -0.3 is 5.73 Å². The van der Waals surface area contributed by atoms with Gasteiger partial charge in [0.25, 0.3) is 0 Å². The van der Waals surface area contributed by atoms with Crippen molar-refractivity contribution in [3.05, 3.63) is 46.8 Å². The van der Waals surface area contributed by atoms with E-state index in [1.165, 1.54) is 6.07 Å². The molecule has 2 aromatic rings. The van der Waals surface area contributed by atoms with E-state index in [2.05, 4.69) is 5.10 Å². The van der Waals surface area contributed by atoms with Crippen molar-refractivity contribution in [3.8, 4) is 5.69 Å². The molecule has 6 heteroatoms. The SMILES string of the molecule is Cc1cc(C)n(-c2ccc(C(F)(F)F)cc2CN)n1. The van der Waals surface area contributed by atoms with Gasteiger partial charge in [0, 0.05) is 12.2 Å². The number of benzene rings is 1. The predicted molar refractivity (Wildman–Crippen MR) is 65.9 cm³/mol. The van der Waals surface area contributed by atoms with Gasteiger partial charge in [-0.2, -0.15) is 18.3 Å². The Labute approximate surface area is 108 Å². The van der Waals surface area contributed by atoms with E-state index in [4.69, 9.17) is 5.73 Å². The third kappa shape index (κ3) is 2.63. The molecule has 3 nitrogen and oxygen atoms in total. The van der Waals surface area contributed by atoms with Gasteiger partial charge in [-0.05, 0) is 43.7 Å². The van der Waals surface area contributed by atoms with Crippen molar-refractivity contribution in [2.24, 2.45) is 5.73 Å². The Morgan fingerprint density at radius 2 is 1.89 bits per heavy atom. The maximum absolute atomic E-state index is 12.7. The number of aryl methyl sites for hydroxylation is 2. The van der Waals surface area contributed by atoms with Crippen LogP contribution in [0.25, 0.3) is 5.69 Å². The van der Waals surface area contributed by atoms with Crippen molar-refractivity contribution in [1.82, 2.24) is 9.78 Å². The van der Waals surface area contributed by atoms with Gasteiger partial charge in [0.2, 0.25) is 0 Å². The van der Waals surface area contributed by atoms with Crippen LogP contribution >= 0.6 is 0 Å². The monoisotopic (exact) mass is 269 g/mol. The van der Waals surface area contributed by atoms with Crippen molar-refractivity contribution >= 4 is 0 Å². The van der Waals surface area contributed by atoms with Gasteiger partial charge >= 0.3 is 6.18 Å². The highest BCUT2D eigenvalue weighted by atomic mass is 19.4. The number of nitrogens with two attached hydrogens (primary N) is 1. The van der Waals surface area contributed by atoms with Crippen molar-refractivity contribution in [1.29, 1.82) is 0 Å². The molecule has 0 aliphatic carbocycles. The molecule has 1 aromatic carbocycles. The van der Waals surface area contributed by atoms with E-state index in [1.54, 1.807) is 4.68 Å². The standard InChI is InChI=1S/C13H14F3N3/c1-8-5-9(2)19(18-8)12-4-3-11(13(14,15)16)6-10(12)7-17/h3-6H,7,17H2,1-2H3. The van der Waals surface area contributed by atoms with Crippen LogP contribution in [0, 0.1) is 13.8 Å². The molecule has 2 rings (SSSR count). The van der Waals surface area contributed by atoms with Crippen LogP contribution in [0.15, 0.2) is 24.3 Å². The molecule has 0 fully saturated rings. The molecule has 0 amide bonds. The van der Waals surface area contributed by atoms with Crippen molar-refractivity contribution in [3.63, 3.8) is 0 Å². The third-order valence-corrected chi connectivity index (χ3v) is 2.86. The molecule has 19 heavy (non-hydrogen) atoms. The molecule has 0 atom stereocenters. The summed E-state index contributed by atoms with van der Waals surface area (Å²) >= 11 is 0. The number of alkyl halides is 3. The minimum Gasteiger partial charge on any atom is -0.326 e. The number of aromatic nitrogens is 2. The molecule has 0 unspecified atom stereocenters. The lowest BCUT2D eigenvalue weighted by molar-refractivity contribution is -0.137. The third-order valence-electron chi connectivity index (χ3n) is 2.86. The first-order valence-corrected chi connectivity index (χ1v) is 5.76. The minimum atomic E-state index is -4.36. The summed E-state index contributed by atoms with van der Waals surface area (Å²) in [6.07, 6.45) is -4.36. The Kier molecular flexibility index (Phi) is 3.36. The zero-order valence-electron chi connectivity index (χ0n) is 10.6. The molecule has 0 radical (unpaired) electrons. The second kappa shape index (κ2) is 4.70. The van der Waals surface area contributed by atoms with Gasteiger partial charge in [0.15, 0.2) is 0 Å². The quantitative estimate of drug-likeness (QED) is 0.910. The molecular weight excluding hydrogens is 255 g/mol. The Balaban J connectivity index is 2.56. The first kappa shape index (κ1) is 13.6. The predicted octanol–water partition coefficient (Wildman–Crippen LogP) is 2.97. The number of rotatable bonds is 2. The normalized spacial score (nSPS) is 11.9. The first-order valence-electron chi connectivity index (χ1n) is 5.76. The van der Waals surface area contributed by atoms with Crippen molar-refractivity contribution in [2.45, 2.75) is 26.6 Å². The van der Waals surface area contributed by atoms with Gasteiger partial charge in [-0.25, -0.2) is 4.68 Å². The van der Waals surface area contributed by atoms with Crippen LogP contribution < -0.4 is 5.73 Å². The maximum Gasteiger partial charge on any atom is 0.416 e. The second-order valence-electron chi connectivity index (χ2n) is 4.38. The summed E-state index contributed by atoms with van der Waals surface area (Å²) in [4.78, 5) is 0. The summed E-state index contributed by atoms with van der Waals surface area (Å²) in [6.45, 7) is 3.70. The molecule has 0 saturated heterocycles. The van der Waals surface area contributed by atoms with E-state index in [0.717, 1.165) is 23.5 Å². The fraction of sp³-hybridized carbons (Fsp3) is 0.308. The topological polar surface area (TPSA) is 43.8 Å². The van der Waals surface area contributed by atoms with Gasteiger partial charge in [-0.1, -0.05) is 0 Å². The van der Waals surface area contributed by atoms with Crippen molar-refractivity contribution in [2.75, 3.05) is 0 Å². The first-order chi connectivity index (χ1) is 8.82. The smallest absolute Gasteiger partial charge is 0.326 e. The molecule has 0 aliphatic rings. The highest BCUT2D eigenvalue weighted by Crippen LogP contribution is 2.31. The Hall–Kier alpha value is -1.82. The van der Waals surface area contributed by atoms with Crippen LogP contribution in [0.4, 0.5) is 13.2 Å². The zero-order chi connectivity index (χ0) is 14.2. The van der Waals surface area contributed by atoms with E-state index < -0.39 is 11.7 Å². The molecule has 2 N–H and O–H groups in total. The zero-order valence-corrected chi connectivity index (χ0v) is 10.6. The average molecular weight is 269 g/mol. The summed E-state index contributed by atoms with van der Waals surface area (Å²) in [5, 5.41) is 4.26. The summed E-state index contributed by atoms with van der Waals surface area (Å²) in [7, 11) is 0. The van der Waals surface area contributed by atoms with Gasteiger partial charge in [0.05, 0.1) is 16.9 Å². The average Bonchev–Trinajstić information content (AvgIpc) is 2.66. The molecule has 1 aromatic heterocycles. The van der Waals surface area contributed by atoms with Gasteiger partial charge in [0.1, 0.15) is 0 Å². The lowest BCUT2D eigenvalue weighted by Gasteiger charge is -2.13. The van der Waals surface area contributed by atoms with Crippen LogP contribution in [0.1, 0.15) is 22.5 Å².